The molecule has 4 rings (SSSR count). The molecule has 0 saturated carbocycles. The van der Waals surface area contributed by atoms with Gasteiger partial charge in [-0.05, 0) is 35.7 Å². The Kier molecular flexibility index (Phi) is 8.23. The second-order valence-corrected chi connectivity index (χ2v) is 9.02. The number of methoxy groups -OCH3 is 2. The van der Waals surface area contributed by atoms with Gasteiger partial charge in [0.1, 0.15) is 11.8 Å². The molecule has 1 saturated heterocycles. The van der Waals surface area contributed by atoms with E-state index in [4.69, 9.17) is 9.47 Å². The Morgan fingerprint density at radius 2 is 1.51 bits per heavy atom. The Balaban J connectivity index is 1.96. The van der Waals surface area contributed by atoms with Gasteiger partial charge in [-0.3, -0.25) is 14.4 Å². The van der Waals surface area contributed by atoms with Crippen LogP contribution in [-0.2, 0) is 14.3 Å². The summed E-state index contributed by atoms with van der Waals surface area (Å²) in [6.45, 7) is 2.42. The van der Waals surface area contributed by atoms with Crippen molar-refractivity contribution in [1.82, 2.24) is 10.2 Å². The molecule has 0 radical (unpaired) electrons. The zero-order valence-corrected chi connectivity index (χ0v) is 21.3. The lowest BCUT2D eigenvalue weighted by atomic mass is 9.80. The molecule has 0 aliphatic carbocycles. The average Bonchev–Trinajstić information content (AvgIpc) is 3.32. The largest absolute Gasteiger partial charge is 0.497 e. The zero-order chi connectivity index (χ0) is 26.4. The quantitative estimate of drug-likeness (QED) is 0.465. The first-order valence-corrected chi connectivity index (χ1v) is 12.4. The van der Waals surface area contributed by atoms with Gasteiger partial charge in [0.2, 0.25) is 5.91 Å². The molecule has 4 atom stereocenters. The third-order valence-corrected chi connectivity index (χ3v) is 6.83. The van der Waals surface area contributed by atoms with Gasteiger partial charge in [0.15, 0.2) is 0 Å². The topological polar surface area (TPSA) is 84.9 Å². The number of carbonyl (C=O) groups excluding carboxylic acids is 3. The second-order valence-electron chi connectivity index (χ2n) is 9.02. The molecule has 7 heteroatoms. The highest BCUT2D eigenvalue weighted by Gasteiger charge is 2.58. The predicted molar refractivity (Wildman–Crippen MR) is 140 cm³/mol. The van der Waals surface area contributed by atoms with Crippen LogP contribution in [0.25, 0.3) is 0 Å². The molecule has 1 N–H and O–H groups in total. The molecule has 37 heavy (non-hydrogen) atoms. The van der Waals surface area contributed by atoms with Gasteiger partial charge in [-0.25, -0.2) is 0 Å². The Labute approximate surface area is 217 Å². The maximum atomic E-state index is 14.3. The van der Waals surface area contributed by atoms with Gasteiger partial charge < -0.3 is 19.7 Å². The monoisotopic (exact) mass is 500 g/mol. The highest BCUT2D eigenvalue weighted by Crippen LogP contribution is 2.51. The highest BCUT2D eigenvalue weighted by atomic mass is 16.5. The number of amides is 2. The molecule has 1 aliphatic heterocycles. The van der Waals surface area contributed by atoms with Gasteiger partial charge in [0.05, 0.1) is 26.2 Å². The van der Waals surface area contributed by atoms with E-state index in [2.05, 4.69) is 5.32 Å². The highest BCUT2D eigenvalue weighted by molar-refractivity contribution is 6.00. The van der Waals surface area contributed by atoms with Gasteiger partial charge >= 0.3 is 5.97 Å². The maximum absolute atomic E-state index is 14.3. The molecular weight excluding hydrogens is 468 g/mol. The number of carbonyl (C=O) groups is 3. The summed E-state index contributed by atoms with van der Waals surface area (Å²) >= 11 is 0. The van der Waals surface area contributed by atoms with Crippen LogP contribution in [0.1, 0.15) is 46.8 Å². The Hall–Kier alpha value is -4.13. The minimum Gasteiger partial charge on any atom is -0.497 e. The first kappa shape index (κ1) is 25.9. The summed E-state index contributed by atoms with van der Waals surface area (Å²) < 4.78 is 10.6. The molecule has 1 aliphatic rings. The van der Waals surface area contributed by atoms with Gasteiger partial charge in [0.25, 0.3) is 5.91 Å². The average molecular weight is 501 g/mol. The molecule has 3 aromatic rings. The van der Waals surface area contributed by atoms with Crippen LogP contribution in [0, 0.1) is 5.92 Å². The third-order valence-electron chi connectivity index (χ3n) is 6.83. The molecule has 1 fully saturated rings. The van der Waals surface area contributed by atoms with Gasteiger partial charge in [-0.2, -0.15) is 0 Å². The number of hydrogen-bond acceptors (Lipinski definition) is 5. The van der Waals surface area contributed by atoms with Crippen molar-refractivity contribution < 1.29 is 23.9 Å². The van der Waals surface area contributed by atoms with E-state index in [-0.39, 0.29) is 11.8 Å². The van der Waals surface area contributed by atoms with Crippen molar-refractivity contribution in [2.24, 2.45) is 5.92 Å². The second kappa shape index (κ2) is 11.7. The van der Waals surface area contributed by atoms with E-state index >= 15 is 0 Å². The summed E-state index contributed by atoms with van der Waals surface area (Å²) in [5, 5.41) is 2.97. The zero-order valence-electron chi connectivity index (χ0n) is 21.3. The molecular formula is C30H32N2O5. The number of nitrogens with one attached hydrogen (secondary N) is 1. The number of nitrogens with zero attached hydrogens (tertiary/aromatic N) is 1. The van der Waals surface area contributed by atoms with Crippen LogP contribution in [0.5, 0.6) is 5.75 Å². The molecule has 3 aromatic carbocycles. The first-order chi connectivity index (χ1) is 18.0. The molecule has 0 aromatic heterocycles. The summed E-state index contributed by atoms with van der Waals surface area (Å²) in [5.41, 5.74) is 1.91. The van der Waals surface area contributed by atoms with Crippen LogP contribution in [0.15, 0.2) is 84.9 Å². The van der Waals surface area contributed by atoms with E-state index in [1.54, 1.807) is 29.2 Å². The van der Waals surface area contributed by atoms with Crippen molar-refractivity contribution in [3.05, 3.63) is 102 Å². The van der Waals surface area contributed by atoms with E-state index in [1.807, 2.05) is 67.6 Å². The summed E-state index contributed by atoms with van der Waals surface area (Å²) in [6, 6.07) is 23.9. The summed E-state index contributed by atoms with van der Waals surface area (Å²) in [4.78, 5) is 43.1. The fourth-order valence-electron chi connectivity index (χ4n) is 5.21. The SMILES string of the molecule is CCCNC(=O)C1C(c2ccccc2)C(C(=O)OC)C(c2ccccc2)N1C(=O)c1cccc(OC)c1. The number of rotatable bonds is 8. The van der Waals surface area contributed by atoms with E-state index in [9.17, 15) is 14.4 Å². The number of benzene rings is 3. The van der Waals surface area contributed by atoms with E-state index < -0.39 is 29.9 Å². The normalized spacial score (nSPS) is 20.8. The van der Waals surface area contributed by atoms with Crippen molar-refractivity contribution in [2.45, 2.75) is 31.3 Å². The molecule has 7 nitrogen and oxygen atoms in total. The van der Waals surface area contributed by atoms with Crippen molar-refractivity contribution >= 4 is 17.8 Å². The minimum absolute atomic E-state index is 0.306. The van der Waals surface area contributed by atoms with Crippen LogP contribution >= 0.6 is 0 Å². The standard InChI is InChI=1S/C30H32N2O5/c1-4-18-31-28(33)27-24(20-12-7-5-8-13-20)25(30(35)37-3)26(21-14-9-6-10-15-21)32(27)29(34)22-16-11-17-23(19-22)36-2/h5-17,19,24-27H,4,18H2,1-3H3,(H,31,33). The molecule has 0 spiro atoms. The summed E-state index contributed by atoms with van der Waals surface area (Å²) in [5.74, 6) is -2.04. The smallest absolute Gasteiger partial charge is 0.311 e. The van der Waals surface area contributed by atoms with Crippen molar-refractivity contribution in [1.29, 1.82) is 0 Å². The summed E-state index contributed by atoms with van der Waals surface area (Å²) in [6.07, 6.45) is 0.737. The number of esters is 1. The molecule has 192 valence electrons. The van der Waals surface area contributed by atoms with Crippen LogP contribution in [-0.4, -0.2) is 49.5 Å². The van der Waals surface area contributed by atoms with E-state index in [0.717, 1.165) is 17.5 Å². The fourth-order valence-corrected chi connectivity index (χ4v) is 5.21. The maximum Gasteiger partial charge on any atom is 0.311 e. The first-order valence-electron chi connectivity index (χ1n) is 12.4. The van der Waals surface area contributed by atoms with Crippen molar-refractivity contribution in [3.8, 4) is 5.75 Å². The summed E-state index contributed by atoms with van der Waals surface area (Å²) in [7, 11) is 2.87. The van der Waals surface area contributed by atoms with Gasteiger partial charge in [-0.1, -0.05) is 73.7 Å². The van der Waals surface area contributed by atoms with Crippen LogP contribution < -0.4 is 10.1 Å². The van der Waals surface area contributed by atoms with Gasteiger partial charge in [0, 0.05) is 18.0 Å². The van der Waals surface area contributed by atoms with E-state index in [1.165, 1.54) is 14.2 Å². The van der Waals surface area contributed by atoms with E-state index in [0.29, 0.717) is 17.9 Å². The third kappa shape index (κ3) is 5.21. The van der Waals surface area contributed by atoms with Crippen molar-refractivity contribution in [2.75, 3.05) is 20.8 Å². The Morgan fingerprint density at radius 1 is 0.865 bits per heavy atom. The molecule has 2 amide bonds. The van der Waals surface area contributed by atoms with Crippen LogP contribution in [0.4, 0.5) is 0 Å². The van der Waals surface area contributed by atoms with Crippen LogP contribution in [0.2, 0.25) is 0 Å². The molecule has 4 unspecified atom stereocenters. The predicted octanol–water partition coefficient (Wildman–Crippen LogP) is 4.36. The molecule has 1 heterocycles. The Bertz CT molecular complexity index is 1230. The Morgan fingerprint density at radius 3 is 2.11 bits per heavy atom. The minimum atomic E-state index is -0.943. The number of likely N-dealkylation sites (tertiary alicyclic amines) is 1. The van der Waals surface area contributed by atoms with Crippen molar-refractivity contribution in [3.63, 3.8) is 0 Å². The lowest BCUT2D eigenvalue weighted by Gasteiger charge is -2.31. The lowest BCUT2D eigenvalue weighted by Crippen LogP contribution is -2.48. The number of ether oxygens (including phenoxy) is 2. The van der Waals surface area contributed by atoms with Crippen LogP contribution in [0.3, 0.4) is 0 Å². The lowest BCUT2D eigenvalue weighted by molar-refractivity contribution is -0.146. The molecule has 0 bridgehead atoms. The number of hydrogen-bond donors (Lipinski definition) is 1. The fraction of sp³-hybridized carbons (Fsp3) is 0.300. The van der Waals surface area contributed by atoms with Gasteiger partial charge in [-0.15, -0.1) is 0 Å².